The van der Waals surface area contributed by atoms with Crippen LogP contribution in [0, 0.1) is 5.92 Å². The largest absolute Gasteiger partial charge is 0.339 e. The van der Waals surface area contributed by atoms with E-state index in [0.717, 1.165) is 63.3 Å². The molecule has 2 saturated heterocycles. The lowest BCUT2D eigenvalue weighted by atomic mass is 9.94. The fraction of sp³-hybridized carbons (Fsp3) is 0.727. The summed E-state index contributed by atoms with van der Waals surface area (Å²) in [4.78, 5) is 39.4. The van der Waals surface area contributed by atoms with Crippen molar-refractivity contribution in [2.24, 2.45) is 5.92 Å². The summed E-state index contributed by atoms with van der Waals surface area (Å²) < 4.78 is 0. The molecule has 1 aromatic rings. The van der Waals surface area contributed by atoms with Gasteiger partial charge in [-0.3, -0.25) is 9.59 Å². The second-order valence-corrected chi connectivity index (χ2v) is 9.06. The molecule has 3 aliphatic heterocycles. The van der Waals surface area contributed by atoms with Crippen molar-refractivity contribution in [1.82, 2.24) is 25.1 Å². The summed E-state index contributed by atoms with van der Waals surface area (Å²) in [6, 6.07) is 0.308. The van der Waals surface area contributed by atoms with E-state index in [4.69, 9.17) is 4.98 Å². The van der Waals surface area contributed by atoms with E-state index < -0.39 is 0 Å². The monoisotopic (exact) mass is 397 g/mol. The molecule has 1 saturated carbocycles. The minimum Gasteiger partial charge on any atom is -0.339 e. The van der Waals surface area contributed by atoms with Crippen LogP contribution >= 0.6 is 0 Å². The predicted molar refractivity (Wildman–Crippen MR) is 108 cm³/mol. The number of carbonyl (C=O) groups is 2. The summed E-state index contributed by atoms with van der Waals surface area (Å²) in [6.45, 7) is 3.12. The molecule has 0 aromatic carbocycles. The molecule has 1 aromatic heterocycles. The molecule has 7 nitrogen and oxygen atoms in total. The molecule has 156 valence electrons. The van der Waals surface area contributed by atoms with E-state index in [1.165, 1.54) is 24.8 Å². The molecule has 7 heteroatoms. The smallest absolute Gasteiger partial charge is 0.228 e. The number of carbonyl (C=O) groups excluding carboxylic acids is 2. The average Bonchev–Trinajstić information content (AvgIpc) is 3.40. The normalized spacial score (nSPS) is 28.1. The Balaban J connectivity index is 1.30. The SMILES string of the molecule is O=C1CC(C(=O)N2CCCC2c2ncc3c(n2)CCNC3)CN1C1CCCCC1. The lowest BCUT2D eigenvalue weighted by Crippen LogP contribution is -2.40. The van der Waals surface area contributed by atoms with Crippen LogP contribution in [0.25, 0.3) is 0 Å². The highest BCUT2D eigenvalue weighted by Gasteiger charge is 2.42. The molecule has 0 radical (unpaired) electrons. The molecule has 4 aliphatic rings. The zero-order valence-corrected chi connectivity index (χ0v) is 17.1. The van der Waals surface area contributed by atoms with E-state index in [2.05, 4.69) is 10.3 Å². The molecule has 2 unspecified atom stereocenters. The van der Waals surface area contributed by atoms with E-state index in [1.807, 2.05) is 16.0 Å². The van der Waals surface area contributed by atoms with E-state index in [9.17, 15) is 9.59 Å². The van der Waals surface area contributed by atoms with Gasteiger partial charge in [-0.05, 0) is 25.7 Å². The molecule has 5 rings (SSSR count). The molecule has 2 amide bonds. The Morgan fingerprint density at radius 2 is 2.00 bits per heavy atom. The summed E-state index contributed by atoms with van der Waals surface area (Å²) in [5.74, 6) is 0.877. The van der Waals surface area contributed by atoms with E-state index in [0.29, 0.717) is 19.0 Å². The molecular weight excluding hydrogens is 366 g/mol. The minimum atomic E-state index is -0.202. The van der Waals surface area contributed by atoms with Crippen LogP contribution in [0.3, 0.4) is 0 Å². The topological polar surface area (TPSA) is 78.4 Å². The van der Waals surface area contributed by atoms with E-state index in [1.54, 1.807) is 0 Å². The van der Waals surface area contributed by atoms with Crippen LogP contribution in [0.1, 0.15) is 74.5 Å². The Labute approximate surface area is 172 Å². The molecule has 1 N–H and O–H groups in total. The van der Waals surface area contributed by atoms with Gasteiger partial charge in [0.2, 0.25) is 11.8 Å². The van der Waals surface area contributed by atoms with Gasteiger partial charge in [0.25, 0.3) is 0 Å². The summed E-state index contributed by atoms with van der Waals surface area (Å²) in [6.07, 6.45) is 11.0. The van der Waals surface area contributed by atoms with Gasteiger partial charge in [-0.25, -0.2) is 9.97 Å². The van der Waals surface area contributed by atoms with Gasteiger partial charge in [-0.2, -0.15) is 0 Å². The zero-order valence-electron chi connectivity index (χ0n) is 17.1. The van der Waals surface area contributed by atoms with E-state index in [-0.39, 0.29) is 23.8 Å². The third-order valence-electron chi connectivity index (χ3n) is 7.18. The van der Waals surface area contributed by atoms with Gasteiger partial charge in [-0.15, -0.1) is 0 Å². The molecule has 1 aliphatic carbocycles. The predicted octanol–water partition coefficient (Wildman–Crippen LogP) is 1.97. The van der Waals surface area contributed by atoms with Gasteiger partial charge in [0.1, 0.15) is 0 Å². The molecule has 3 fully saturated rings. The van der Waals surface area contributed by atoms with Crippen molar-refractivity contribution in [3.63, 3.8) is 0 Å². The lowest BCUT2D eigenvalue weighted by molar-refractivity contribution is -0.136. The Kier molecular flexibility index (Phi) is 5.24. The van der Waals surface area contributed by atoms with Crippen LogP contribution in [0.15, 0.2) is 6.20 Å². The summed E-state index contributed by atoms with van der Waals surface area (Å²) >= 11 is 0. The first kappa shape index (κ1) is 19.0. The quantitative estimate of drug-likeness (QED) is 0.844. The number of nitrogens with one attached hydrogen (secondary N) is 1. The van der Waals surface area contributed by atoms with E-state index >= 15 is 0 Å². The number of aromatic nitrogens is 2. The van der Waals surface area contributed by atoms with Crippen molar-refractivity contribution >= 4 is 11.8 Å². The molecule has 4 heterocycles. The summed E-state index contributed by atoms with van der Waals surface area (Å²) in [5.41, 5.74) is 2.29. The van der Waals surface area contributed by atoms with Gasteiger partial charge >= 0.3 is 0 Å². The van der Waals surface area contributed by atoms with Gasteiger partial charge in [0.05, 0.1) is 12.0 Å². The average molecular weight is 398 g/mol. The van der Waals surface area contributed by atoms with Gasteiger partial charge < -0.3 is 15.1 Å². The van der Waals surface area contributed by atoms with Crippen molar-refractivity contribution in [3.8, 4) is 0 Å². The number of rotatable bonds is 3. The third kappa shape index (κ3) is 3.65. The van der Waals surface area contributed by atoms with Gasteiger partial charge in [-0.1, -0.05) is 19.3 Å². The maximum absolute atomic E-state index is 13.4. The number of amides is 2. The fourth-order valence-corrected chi connectivity index (χ4v) is 5.59. The molecule has 2 atom stereocenters. The Hall–Kier alpha value is -2.02. The maximum Gasteiger partial charge on any atom is 0.228 e. The Morgan fingerprint density at radius 3 is 2.86 bits per heavy atom. The highest BCUT2D eigenvalue weighted by Crippen LogP contribution is 2.35. The third-order valence-corrected chi connectivity index (χ3v) is 7.18. The number of hydrogen-bond donors (Lipinski definition) is 1. The first-order valence-electron chi connectivity index (χ1n) is 11.4. The van der Waals surface area contributed by atoms with Crippen molar-refractivity contribution in [2.45, 2.75) is 76.4 Å². The maximum atomic E-state index is 13.4. The summed E-state index contributed by atoms with van der Waals surface area (Å²) in [5, 5.41) is 3.35. The van der Waals surface area contributed by atoms with Crippen molar-refractivity contribution in [2.75, 3.05) is 19.6 Å². The summed E-state index contributed by atoms with van der Waals surface area (Å²) in [7, 11) is 0. The highest BCUT2D eigenvalue weighted by atomic mass is 16.2. The van der Waals surface area contributed by atoms with Gasteiger partial charge in [0.15, 0.2) is 5.82 Å². The zero-order chi connectivity index (χ0) is 19.8. The van der Waals surface area contributed by atoms with Crippen molar-refractivity contribution in [3.05, 3.63) is 23.3 Å². The molecule has 0 spiro atoms. The fourth-order valence-electron chi connectivity index (χ4n) is 5.59. The molecule has 29 heavy (non-hydrogen) atoms. The van der Waals surface area contributed by atoms with Crippen LogP contribution in [0.4, 0.5) is 0 Å². The van der Waals surface area contributed by atoms with Crippen LogP contribution < -0.4 is 5.32 Å². The first-order chi connectivity index (χ1) is 14.2. The lowest BCUT2D eigenvalue weighted by Gasteiger charge is -2.32. The minimum absolute atomic E-state index is 0.0403. The standard InChI is InChI=1S/C22H31N5O2/c28-20-11-15(14-27(20)17-5-2-1-3-6-17)22(29)26-10-4-7-19(26)21-24-13-16-12-23-9-8-18(16)25-21/h13,15,17,19,23H,1-12,14H2. The number of nitrogens with zero attached hydrogens (tertiary/aromatic N) is 4. The highest BCUT2D eigenvalue weighted by molar-refractivity contribution is 5.89. The van der Waals surface area contributed by atoms with Gasteiger partial charge in [0, 0.05) is 62.5 Å². The van der Waals surface area contributed by atoms with Crippen LogP contribution in [-0.4, -0.2) is 57.3 Å². The first-order valence-corrected chi connectivity index (χ1v) is 11.4. The Morgan fingerprint density at radius 1 is 1.14 bits per heavy atom. The van der Waals surface area contributed by atoms with Crippen molar-refractivity contribution < 1.29 is 9.59 Å². The van der Waals surface area contributed by atoms with Crippen LogP contribution in [0.5, 0.6) is 0 Å². The van der Waals surface area contributed by atoms with Crippen LogP contribution in [0.2, 0.25) is 0 Å². The number of likely N-dealkylation sites (tertiary alicyclic amines) is 2. The second kappa shape index (κ2) is 8.01. The number of hydrogen-bond acceptors (Lipinski definition) is 5. The molecular formula is C22H31N5O2. The van der Waals surface area contributed by atoms with Crippen molar-refractivity contribution in [1.29, 1.82) is 0 Å². The number of fused-ring (bicyclic) bond motifs is 1. The van der Waals surface area contributed by atoms with Crippen LogP contribution in [-0.2, 0) is 22.6 Å². The molecule has 0 bridgehead atoms. The Bertz CT molecular complexity index is 791. The second-order valence-electron chi connectivity index (χ2n) is 9.06.